The van der Waals surface area contributed by atoms with Gasteiger partial charge in [-0.1, -0.05) is 6.07 Å². The van der Waals surface area contributed by atoms with Gasteiger partial charge in [0, 0.05) is 12.2 Å². The number of anilines is 1. The van der Waals surface area contributed by atoms with Crippen molar-refractivity contribution in [1.29, 1.82) is 0 Å². The highest BCUT2D eigenvalue weighted by Crippen LogP contribution is 2.39. The van der Waals surface area contributed by atoms with Gasteiger partial charge in [-0.15, -0.1) is 0 Å². The number of rotatable bonds is 8. The molecule has 4 rings (SSSR count). The Kier molecular flexibility index (Phi) is 9.03. The van der Waals surface area contributed by atoms with Gasteiger partial charge >= 0.3 is 12.1 Å². The Morgan fingerprint density at radius 1 is 1.05 bits per heavy atom. The van der Waals surface area contributed by atoms with Gasteiger partial charge in [-0.05, 0) is 91.3 Å². The van der Waals surface area contributed by atoms with E-state index in [9.17, 15) is 18.0 Å². The molecule has 0 spiro atoms. The number of carbonyl (C=O) groups is 1. The van der Waals surface area contributed by atoms with Gasteiger partial charge in [0.2, 0.25) is 0 Å². The van der Waals surface area contributed by atoms with Crippen LogP contribution in [0.15, 0.2) is 60.7 Å². The molecule has 1 atom stereocenters. The number of methoxy groups -OCH3 is 2. The van der Waals surface area contributed by atoms with Crippen molar-refractivity contribution in [2.45, 2.75) is 25.6 Å². The summed E-state index contributed by atoms with van der Waals surface area (Å²) >= 11 is 5.68. The fraction of sp³-hybridized carbons (Fsp3) is 0.310. The molecule has 11 heteroatoms. The zero-order valence-corrected chi connectivity index (χ0v) is 23.0. The van der Waals surface area contributed by atoms with E-state index in [1.54, 1.807) is 45.4 Å². The number of benzene rings is 3. The van der Waals surface area contributed by atoms with Crippen molar-refractivity contribution < 1.29 is 36.9 Å². The number of hydrogen-bond acceptors (Lipinski definition) is 6. The maximum Gasteiger partial charge on any atom is 0.416 e. The quantitative estimate of drug-likeness (QED) is 0.249. The lowest BCUT2D eigenvalue weighted by Gasteiger charge is -2.39. The van der Waals surface area contributed by atoms with E-state index in [1.807, 2.05) is 17.0 Å². The largest absolute Gasteiger partial charge is 0.493 e. The fourth-order valence-corrected chi connectivity index (χ4v) is 4.83. The number of halogens is 3. The molecule has 1 N–H and O–H groups in total. The number of ether oxygens (including phenoxy) is 4. The van der Waals surface area contributed by atoms with E-state index in [1.165, 1.54) is 12.1 Å². The molecule has 1 aliphatic rings. The summed E-state index contributed by atoms with van der Waals surface area (Å²) in [6.07, 6.45) is -3.86. The molecular formula is C29H29F3N2O5S. The van der Waals surface area contributed by atoms with Crippen LogP contribution in [-0.4, -0.2) is 50.0 Å². The number of nitrogens with one attached hydrogen (secondary N) is 1. The first kappa shape index (κ1) is 29.0. The summed E-state index contributed by atoms with van der Waals surface area (Å²) < 4.78 is 61.9. The summed E-state index contributed by atoms with van der Waals surface area (Å²) in [5.74, 6) is 1.23. The van der Waals surface area contributed by atoms with Crippen molar-refractivity contribution in [2.24, 2.45) is 0 Å². The lowest BCUT2D eigenvalue weighted by Crippen LogP contribution is -2.44. The van der Waals surface area contributed by atoms with Crippen LogP contribution in [0.2, 0.25) is 0 Å². The van der Waals surface area contributed by atoms with E-state index in [2.05, 4.69) is 5.32 Å². The third-order valence-electron chi connectivity index (χ3n) is 6.48. The van der Waals surface area contributed by atoms with Gasteiger partial charge in [0.15, 0.2) is 16.6 Å². The Morgan fingerprint density at radius 2 is 1.75 bits per heavy atom. The summed E-state index contributed by atoms with van der Waals surface area (Å²) in [5, 5.41) is 3.22. The predicted molar refractivity (Wildman–Crippen MR) is 148 cm³/mol. The van der Waals surface area contributed by atoms with E-state index >= 15 is 0 Å². The van der Waals surface area contributed by atoms with Gasteiger partial charge in [0.1, 0.15) is 12.4 Å². The first-order chi connectivity index (χ1) is 19.1. The molecule has 0 saturated heterocycles. The average molecular weight is 575 g/mol. The fourth-order valence-electron chi connectivity index (χ4n) is 4.50. The average Bonchev–Trinajstić information content (AvgIpc) is 2.95. The highest BCUT2D eigenvalue weighted by molar-refractivity contribution is 7.80. The number of thiocarbonyl (C=S) groups is 1. The molecule has 0 saturated carbocycles. The first-order valence-electron chi connectivity index (χ1n) is 12.5. The Balaban J connectivity index is 1.61. The maximum absolute atomic E-state index is 13.3. The minimum absolute atomic E-state index is 0.158. The van der Waals surface area contributed by atoms with E-state index in [-0.39, 0.29) is 24.0 Å². The second kappa shape index (κ2) is 12.5. The van der Waals surface area contributed by atoms with Gasteiger partial charge in [0.25, 0.3) is 0 Å². The lowest BCUT2D eigenvalue weighted by molar-refractivity contribution is -0.137. The summed E-state index contributed by atoms with van der Waals surface area (Å²) in [6, 6.07) is 14.9. The standard InChI is InChI=1S/C29H29F3N2O5S/c1-4-38-27(35)18-8-10-22(11-9-18)39-17-24-23-16-26(37-3)25(36-2)14-19(23)12-13-34(24)28(40)33-21-7-5-6-20(15-21)29(30,31)32/h5-11,14-16,24H,4,12-13,17H2,1-3H3,(H,33,40)/t24-/m0/s1. The molecular weight excluding hydrogens is 545 g/mol. The van der Waals surface area contributed by atoms with Gasteiger partial charge in [-0.2, -0.15) is 13.2 Å². The topological polar surface area (TPSA) is 69.3 Å². The first-order valence-corrected chi connectivity index (χ1v) is 12.9. The van der Waals surface area contributed by atoms with Gasteiger partial charge in [-0.3, -0.25) is 0 Å². The predicted octanol–water partition coefficient (Wildman–Crippen LogP) is 6.27. The van der Waals surface area contributed by atoms with Crippen LogP contribution >= 0.6 is 12.2 Å². The molecule has 0 fully saturated rings. The molecule has 0 amide bonds. The molecule has 1 aliphatic heterocycles. The zero-order valence-electron chi connectivity index (χ0n) is 22.2. The van der Waals surface area contributed by atoms with Crippen molar-refractivity contribution in [1.82, 2.24) is 4.90 Å². The Labute approximate surface area is 235 Å². The summed E-state index contributed by atoms with van der Waals surface area (Å²) in [4.78, 5) is 13.9. The number of carbonyl (C=O) groups excluding carboxylic acids is 1. The maximum atomic E-state index is 13.3. The smallest absolute Gasteiger partial charge is 0.416 e. The van der Waals surface area contributed by atoms with Crippen molar-refractivity contribution in [3.8, 4) is 17.2 Å². The summed E-state index contributed by atoms with van der Waals surface area (Å²) in [7, 11) is 3.11. The monoisotopic (exact) mass is 574 g/mol. The highest BCUT2D eigenvalue weighted by atomic mass is 32.1. The van der Waals surface area contributed by atoms with Crippen LogP contribution in [-0.2, 0) is 17.3 Å². The van der Waals surface area contributed by atoms with Gasteiger partial charge in [-0.25, -0.2) is 4.79 Å². The third-order valence-corrected chi connectivity index (χ3v) is 6.81. The zero-order chi connectivity index (χ0) is 28.9. The van der Waals surface area contributed by atoms with Crippen LogP contribution in [0.4, 0.5) is 18.9 Å². The molecule has 1 heterocycles. The number of alkyl halides is 3. The van der Waals surface area contributed by atoms with Crippen molar-refractivity contribution >= 4 is 29.0 Å². The van der Waals surface area contributed by atoms with E-state index in [0.29, 0.717) is 35.8 Å². The Bertz CT molecular complexity index is 1360. The SMILES string of the molecule is CCOC(=O)c1ccc(OC[C@H]2c3cc(OC)c(OC)cc3CCN2C(=S)Nc2cccc(C(F)(F)F)c2)cc1. The molecule has 0 aliphatic carbocycles. The summed E-state index contributed by atoms with van der Waals surface area (Å²) in [6.45, 7) is 2.66. The van der Waals surface area contributed by atoms with Crippen LogP contribution in [0.25, 0.3) is 0 Å². The normalized spacial score (nSPS) is 14.7. The Morgan fingerprint density at radius 3 is 2.40 bits per heavy atom. The van der Waals surface area contributed by atoms with Gasteiger partial charge < -0.3 is 29.2 Å². The van der Waals surface area contributed by atoms with Gasteiger partial charge in [0.05, 0.1) is 38.0 Å². The molecule has 0 aromatic heterocycles. The number of nitrogens with zero attached hydrogens (tertiary/aromatic N) is 1. The molecule has 3 aromatic rings. The lowest BCUT2D eigenvalue weighted by atomic mass is 9.92. The van der Waals surface area contributed by atoms with E-state index in [4.69, 9.17) is 31.2 Å². The van der Waals surface area contributed by atoms with Crippen LogP contribution in [0.1, 0.15) is 40.0 Å². The molecule has 212 valence electrons. The third kappa shape index (κ3) is 6.59. The molecule has 0 radical (unpaired) electrons. The highest BCUT2D eigenvalue weighted by Gasteiger charge is 2.33. The minimum atomic E-state index is -4.47. The minimum Gasteiger partial charge on any atom is -0.493 e. The van der Waals surface area contributed by atoms with E-state index in [0.717, 1.165) is 23.3 Å². The van der Waals surface area contributed by atoms with Crippen molar-refractivity contribution in [3.63, 3.8) is 0 Å². The number of hydrogen-bond donors (Lipinski definition) is 1. The second-order valence-electron chi connectivity index (χ2n) is 8.93. The molecule has 7 nitrogen and oxygen atoms in total. The van der Waals surface area contributed by atoms with Crippen molar-refractivity contribution in [3.05, 3.63) is 82.9 Å². The van der Waals surface area contributed by atoms with Crippen LogP contribution in [0, 0.1) is 0 Å². The number of esters is 1. The van der Waals surface area contributed by atoms with Crippen LogP contribution in [0.5, 0.6) is 17.2 Å². The van der Waals surface area contributed by atoms with E-state index < -0.39 is 23.8 Å². The molecule has 40 heavy (non-hydrogen) atoms. The molecule has 0 bridgehead atoms. The molecule has 3 aromatic carbocycles. The summed E-state index contributed by atoms with van der Waals surface area (Å²) in [5.41, 5.74) is 1.77. The Hall–Kier alpha value is -3.99. The second-order valence-corrected chi connectivity index (χ2v) is 9.32. The number of fused-ring (bicyclic) bond motifs is 1. The van der Waals surface area contributed by atoms with Crippen LogP contribution < -0.4 is 19.5 Å². The van der Waals surface area contributed by atoms with Crippen molar-refractivity contribution in [2.75, 3.05) is 39.3 Å². The molecule has 0 unspecified atom stereocenters. The van der Waals surface area contributed by atoms with Crippen LogP contribution in [0.3, 0.4) is 0 Å².